The zero-order chi connectivity index (χ0) is 14.6. The molecule has 0 amide bonds. The summed E-state index contributed by atoms with van der Waals surface area (Å²) in [4.78, 5) is 11.7. The first kappa shape index (κ1) is 15.0. The molecule has 0 aromatic rings. The number of hydrogen-bond donors (Lipinski definition) is 0. The Kier molecular flexibility index (Phi) is 3.38. The van der Waals surface area contributed by atoms with Crippen molar-refractivity contribution in [1.29, 1.82) is 0 Å². The molecule has 3 heteroatoms. The van der Waals surface area contributed by atoms with Crippen LogP contribution < -0.4 is 0 Å². The molecule has 1 unspecified atom stereocenters. The van der Waals surface area contributed by atoms with Crippen LogP contribution in [0.2, 0.25) is 18.1 Å². The molecule has 1 fully saturated rings. The number of carbonyl (C=O) groups is 1. The summed E-state index contributed by atoms with van der Waals surface area (Å²) in [5.74, 6) is 0.733. The molecule has 2 rings (SSSR count). The van der Waals surface area contributed by atoms with Crippen molar-refractivity contribution in [1.82, 2.24) is 0 Å². The van der Waals surface area contributed by atoms with E-state index in [9.17, 15) is 4.79 Å². The van der Waals surface area contributed by atoms with Crippen LogP contribution in [0.3, 0.4) is 0 Å². The van der Waals surface area contributed by atoms with Gasteiger partial charge in [0.2, 0.25) is 0 Å². The second kappa shape index (κ2) is 4.29. The van der Waals surface area contributed by atoms with E-state index in [1.165, 1.54) is 5.57 Å². The van der Waals surface area contributed by atoms with Crippen molar-refractivity contribution in [2.75, 3.05) is 0 Å². The van der Waals surface area contributed by atoms with Gasteiger partial charge in [-0.25, -0.2) is 0 Å². The van der Waals surface area contributed by atoms with Crippen LogP contribution in [0.4, 0.5) is 0 Å². The first-order valence-electron chi connectivity index (χ1n) is 7.36. The maximum atomic E-state index is 11.7. The highest BCUT2D eigenvalue weighted by molar-refractivity contribution is 6.74. The van der Waals surface area contributed by atoms with Gasteiger partial charge >= 0.3 is 0 Å². The van der Waals surface area contributed by atoms with Gasteiger partial charge in [-0.3, -0.25) is 4.79 Å². The fourth-order valence-corrected chi connectivity index (χ4v) is 4.49. The Morgan fingerprint density at radius 3 is 2.42 bits per heavy atom. The molecule has 2 atom stereocenters. The molecule has 19 heavy (non-hydrogen) atoms. The summed E-state index contributed by atoms with van der Waals surface area (Å²) in [7, 11) is -1.79. The van der Waals surface area contributed by atoms with Crippen LogP contribution in [0.5, 0.6) is 0 Å². The van der Waals surface area contributed by atoms with Crippen molar-refractivity contribution in [3.8, 4) is 0 Å². The predicted octanol–water partition coefficient (Wildman–Crippen LogP) is 4.32. The first-order chi connectivity index (χ1) is 8.44. The van der Waals surface area contributed by atoms with Gasteiger partial charge in [0.15, 0.2) is 14.1 Å². The van der Waals surface area contributed by atoms with E-state index in [0.29, 0.717) is 18.1 Å². The second-order valence-corrected chi connectivity index (χ2v) is 13.2. The van der Waals surface area contributed by atoms with Gasteiger partial charge in [0.1, 0.15) is 0 Å². The molecule has 2 aliphatic carbocycles. The molecule has 0 spiro atoms. The molecule has 0 saturated heterocycles. The summed E-state index contributed by atoms with van der Waals surface area (Å²) >= 11 is 0. The topological polar surface area (TPSA) is 26.3 Å². The number of fused-ring (bicyclic) bond motifs is 1. The summed E-state index contributed by atoms with van der Waals surface area (Å²) in [5.41, 5.74) is 1.44. The standard InChI is InChI=1S/C16H28O2Si/c1-15(2,3)19(6,7)18-14-13-9-12(17)8-11(13)10-16(14,4)5/h9,11,14H,8,10H2,1-7H3/t11?,14-/m0/s1. The summed E-state index contributed by atoms with van der Waals surface area (Å²) in [5, 5.41) is 0.213. The highest BCUT2D eigenvalue weighted by atomic mass is 28.4. The fourth-order valence-electron chi connectivity index (χ4n) is 3.10. The first-order valence-corrected chi connectivity index (χ1v) is 10.3. The molecule has 0 aliphatic heterocycles. The number of ketones is 1. The third-order valence-electron chi connectivity index (χ3n) is 5.25. The third-order valence-corrected chi connectivity index (χ3v) is 9.69. The number of hydrogen-bond acceptors (Lipinski definition) is 2. The Bertz CT molecular complexity index is 427. The van der Waals surface area contributed by atoms with Crippen molar-refractivity contribution in [3.05, 3.63) is 11.6 Å². The molecular formula is C16H28O2Si. The largest absolute Gasteiger partial charge is 0.410 e. The van der Waals surface area contributed by atoms with Crippen LogP contribution in [0.15, 0.2) is 11.6 Å². The normalized spacial score (nSPS) is 30.5. The van der Waals surface area contributed by atoms with E-state index in [4.69, 9.17) is 4.43 Å². The van der Waals surface area contributed by atoms with E-state index in [1.54, 1.807) is 0 Å². The lowest BCUT2D eigenvalue weighted by atomic mass is 9.87. The minimum absolute atomic E-state index is 0.143. The predicted molar refractivity (Wildman–Crippen MR) is 81.7 cm³/mol. The average Bonchev–Trinajstić information content (AvgIpc) is 2.61. The molecule has 0 aromatic heterocycles. The summed E-state index contributed by atoms with van der Waals surface area (Å²) < 4.78 is 6.66. The van der Waals surface area contributed by atoms with Gasteiger partial charge in [-0.1, -0.05) is 34.6 Å². The monoisotopic (exact) mass is 280 g/mol. The molecule has 0 bridgehead atoms. The van der Waals surface area contributed by atoms with E-state index in [-0.39, 0.29) is 16.6 Å². The van der Waals surface area contributed by atoms with Gasteiger partial charge in [0, 0.05) is 6.42 Å². The van der Waals surface area contributed by atoms with E-state index in [0.717, 1.165) is 6.42 Å². The highest BCUT2D eigenvalue weighted by Crippen LogP contribution is 2.52. The minimum atomic E-state index is -1.79. The molecule has 0 N–H and O–H groups in total. The van der Waals surface area contributed by atoms with Gasteiger partial charge in [0.25, 0.3) is 0 Å². The SMILES string of the molecule is CC1(C)CC2CC(=O)C=C2[C@@H]1O[Si](C)(C)C(C)(C)C. The van der Waals surface area contributed by atoms with Crippen molar-refractivity contribution < 1.29 is 9.22 Å². The van der Waals surface area contributed by atoms with Crippen LogP contribution >= 0.6 is 0 Å². The lowest BCUT2D eigenvalue weighted by Crippen LogP contribution is -2.46. The van der Waals surface area contributed by atoms with E-state index < -0.39 is 8.32 Å². The van der Waals surface area contributed by atoms with Gasteiger partial charge < -0.3 is 4.43 Å². The quantitative estimate of drug-likeness (QED) is 0.704. The molecule has 108 valence electrons. The molecule has 0 heterocycles. The van der Waals surface area contributed by atoms with Gasteiger partial charge in [-0.05, 0) is 47.5 Å². The average molecular weight is 280 g/mol. The zero-order valence-electron chi connectivity index (χ0n) is 13.5. The van der Waals surface area contributed by atoms with Gasteiger partial charge in [0.05, 0.1) is 6.10 Å². The maximum Gasteiger partial charge on any atom is 0.192 e. The Hall–Kier alpha value is -0.413. The Morgan fingerprint density at radius 1 is 1.32 bits per heavy atom. The lowest BCUT2D eigenvalue weighted by Gasteiger charge is -2.42. The third kappa shape index (κ3) is 2.59. The van der Waals surface area contributed by atoms with E-state index in [2.05, 4.69) is 47.7 Å². The van der Waals surface area contributed by atoms with Crippen LogP contribution in [-0.2, 0) is 9.22 Å². The number of carbonyl (C=O) groups excluding carboxylic acids is 1. The molecule has 0 aromatic carbocycles. The molecular weight excluding hydrogens is 252 g/mol. The molecule has 1 saturated carbocycles. The summed E-state index contributed by atoms with van der Waals surface area (Å²) in [6.07, 6.45) is 3.81. The fraction of sp³-hybridized carbons (Fsp3) is 0.812. The van der Waals surface area contributed by atoms with Crippen LogP contribution in [0, 0.1) is 11.3 Å². The smallest absolute Gasteiger partial charge is 0.192 e. The zero-order valence-corrected chi connectivity index (χ0v) is 14.5. The van der Waals surface area contributed by atoms with Gasteiger partial charge in [-0.2, -0.15) is 0 Å². The number of rotatable bonds is 2. The Balaban J connectivity index is 2.28. The minimum Gasteiger partial charge on any atom is -0.410 e. The maximum absolute atomic E-state index is 11.7. The number of allylic oxidation sites excluding steroid dienone is 1. The summed E-state index contributed by atoms with van der Waals surface area (Å²) in [6, 6.07) is 0. The summed E-state index contributed by atoms with van der Waals surface area (Å²) in [6.45, 7) is 16.0. The Labute approximate surface area is 118 Å². The van der Waals surface area contributed by atoms with Gasteiger partial charge in [-0.15, -0.1) is 0 Å². The van der Waals surface area contributed by atoms with Crippen LogP contribution in [0.1, 0.15) is 47.5 Å². The molecule has 0 radical (unpaired) electrons. The van der Waals surface area contributed by atoms with Crippen molar-refractivity contribution in [2.45, 2.75) is 71.7 Å². The second-order valence-electron chi connectivity index (χ2n) is 8.46. The van der Waals surface area contributed by atoms with Crippen molar-refractivity contribution in [2.24, 2.45) is 11.3 Å². The van der Waals surface area contributed by atoms with Crippen LogP contribution in [0.25, 0.3) is 0 Å². The van der Waals surface area contributed by atoms with Crippen LogP contribution in [-0.4, -0.2) is 20.2 Å². The Morgan fingerprint density at radius 2 is 1.89 bits per heavy atom. The van der Waals surface area contributed by atoms with Crippen molar-refractivity contribution >= 4 is 14.1 Å². The van der Waals surface area contributed by atoms with E-state index >= 15 is 0 Å². The van der Waals surface area contributed by atoms with Crippen molar-refractivity contribution in [3.63, 3.8) is 0 Å². The highest BCUT2D eigenvalue weighted by Gasteiger charge is 2.51. The molecule has 2 nitrogen and oxygen atoms in total. The molecule has 2 aliphatic rings. The lowest BCUT2D eigenvalue weighted by molar-refractivity contribution is -0.114. The van der Waals surface area contributed by atoms with E-state index in [1.807, 2.05) is 6.08 Å².